The van der Waals surface area contributed by atoms with E-state index in [0.29, 0.717) is 25.3 Å². The molecule has 0 aliphatic carbocycles. The fourth-order valence-corrected chi connectivity index (χ4v) is 3.95. The van der Waals surface area contributed by atoms with Crippen molar-refractivity contribution in [2.45, 2.75) is 19.8 Å². The molecule has 0 amide bonds. The third-order valence-corrected chi connectivity index (χ3v) is 5.39. The molecule has 1 N–H and O–H groups in total. The lowest BCUT2D eigenvalue weighted by molar-refractivity contribution is -0.384. The lowest BCUT2D eigenvalue weighted by atomic mass is 10.0. The van der Waals surface area contributed by atoms with Crippen LogP contribution in [0.25, 0.3) is 0 Å². The molecule has 0 saturated carbocycles. The number of nitro groups is 1. The predicted molar refractivity (Wildman–Crippen MR) is 77.7 cm³/mol. The fraction of sp³-hybridized carbons (Fsp3) is 0.538. The van der Waals surface area contributed by atoms with Crippen LogP contribution in [0.1, 0.15) is 18.4 Å². The molecule has 0 bridgehead atoms. The molecule has 1 aromatic carbocycles. The Morgan fingerprint density at radius 2 is 2.00 bits per heavy atom. The van der Waals surface area contributed by atoms with E-state index in [2.05, 4.69) is 5.32 Å². The topological polar surface area (TPSA) is 89.3 Å². The molecule has 1 aromatic rings. The van der Waals surface area contributed by atoms with Crippen LogP contribution in [0.5, 0.6) is 0 Å². The number of aryl methyl sites for hydroxylation is 1. The van der Waals surface area contributed by atoms with Crippen LogP contribution >= 0.6 is 0 Å². The average molecular weight is 298 g/mol. The summed E-state index contributed by atoms with van der Waals surface area (Å²) in [4.78, 5) is 10.2. The number of rotatable bonds is 4. The van der Waals surface area contributed by atoms with E-state index < -0.39 is 14.8 Å². The van der Waals surface area contributed by atoms with E-state index in [-0.39, 0.29) is 17.2 Å². The van der Waals surface area contributed by atoms with Crippen LogP contribution in [-0.2, 0) is 9.84 Å². The molecule has 0 unspecified atom stereocenters. The van der Waals surface area contributed by atoms with Gasteiger partial charge in [-0.25, -0.2) is 8.42 Å². The maximum Gasteiger partial charge on any atom is 0.269 e. The maximum atomic E-state index is 11.3. The number of nitro benzene ring substituents is 1. The zero-order valence-corrected chi connectivity index (χ0v) is 12.1. The molecule has 1 heterocycles. The fourth-order valence-electron chi connectivity index (χ4n) is 2.36. The minimum absolute atomic E-state index is 0.0804. The summed E-state index contributed by atoms with van der Waals surface area (Å²) >= 11 is 0. The van der Waals surface area contributed by atoms with Crippen LogP contribution in [-0.4, -0.2) is 31.4 Å². The Hall–Kier alpha value is -1.63. The largest absolute Gasteiger partial charge is 0.385 e. The van der Waals surface area contributed by atoms with Crippen molar-refractivity contribution in [1.29, 1.82) is 0 Å². The Bertz CT molecular complexity index is 599. The number of sulfone groups is 1. The van der Waals surface area contributed by atoms with Gasteiger partial charge in [0, 0.05) is 24.4 Å². The van der Waals surface area contributed by atoms with Crippen molar-refractivity contribution in [2.24, 2.45) is 5.92 Å². The van der Waals surface area contributed by atoms with Crippen LogP contribution in [0.4, 0.5) is 11.4 Å². The first-order valence-electron chi connectivity index (χ1n) is 6.57. The van der Waals surface area contributed by atoms with Crippen LogP contribution in [0, 0.1) is 23.0 Å². The smallest absolute Gasteiger partial charge is 0.269 e. The number of non-ortho nitro benzene ring substituents is 1. The molecular formula is C13H18N2O4S. The summed E-state index contributed by atoms with van der Waals surface area (Å²) in [6.45, 7) is 2.52. The number of hydrogen-bond acceptors (Lipinski definition) is 5. The van der Waals surface area contributed by atoms with Crippen molar-refractivity contribution < 1.29 is 13.3 Å². The van der Waals surface area contributed by atoms with E-state index >= 15 is 0 Å². The van der Waals surface area contributed by atoms with Crippen molar-refractivity contribution in [2.75, 3.05) is 23.4 Å². The molecule has 7 heteroatoms. The van der Waals surface area contributed by atoms with E-state index in [1.165, 1.54) is 12.1 Å². The first kappa shape index (κ1) is 14.8. The molecule has 1 saturated heterocycles. The molecular weight excluding hydrogens is 280 g/mol. The number of hydrogen-bond donors (Lipinski definition) is 1. The highest BCUT2D eigenvalue weighted by Gasteiger charge is 2.23. The van der Waals surface area contributed by atoms with Gasteiger partial charge in [-0.1, -0.05) is 0 Å². The minimum atomic E-state index is -2.82. The summed E-state index contributed by atoms with van der Waals surface area (Å²) in [6.07, 6.45) is 1.36. The highest BCUT2D eigenvalue weighted by molar-refractivity contribution is 7.91. The molecule has 1 fully saturated rings. The van der Waals surface area contributed by atoms with Crippen molar-refractivity contribution in [1.82, 2.24) is 0 Å². The average Bonchev–Trinajstić information content (AvgIpc) is 2.38. The Morgan fingerprint density at radius 1 is 1.35 bits per heavy atom. The summed E-state index contributed by atoms with van der Waals surface area (Å²) in [7, 11) is -2.82. The van der Waals surface area contributed by atoms with Gasteiger partial charge in [0.15, 0.2) is 0 Å². The van der Waals surface area contributed by atoms with Gasteiger partial charge in [-0.3, -0.25) is 10.1 Å². The van der Waals surface area contributed by atoms with Gasteiger partial charge < -0.3 is 5.32 Å². The Morgan fingerprint density at radius 3 is 2.55 bits per heavy atom. The highest BCUT2D eigenvalue weighted by atomic mass is 32.2. The van der Waals surface area contributed by atoms with Crippen molar-refractivity contribution in [3.05, 3.63) is 33.9 Å². The van der Waals surface area contributed by atoms with Gasteiger partial charge in [0.2, 0.25) is 0 Å². The molecule has 0 aromatic heterocycles. The number of nitrogens with one attached hydrogen (secondary N) is 1. The monoisotopic (exact) mass is 298 g/mol. The number of anilines is 1. The van der Waals surface area contributed by atoms with Gasteiger partial charge in [-0.15, -0.1) is 0 Å². The van der Waals surface area contributed by atoms with Crippen LogP contribution in [0.15, 0.2) is 18.2 Å². The lowest BCUT2D eigenvalue weighted by Gasteiger charge is -2.23. The van der Waals surface area contributed by atoms with Crippen LogP contribution in [0.3, 0.4) is 0 Å². The number of nitrogens with zero attached hydrogens (tertiary/aromatic N) is 1. The van der Waals surface area contributed by atoms with E-state index in [9.17, 15) is 18.5 Å². The van der Waals surface area contributed by atoms with Crippen molar-refractivity contribution in [3.63, 3.8) is 0 Å². The zero-order valence-electron chi connectivity index (χ0n) is 11.3. The van der Waals surface area contributed by atoms with Crippen LogP contribution in [0.2, 0.25) is 0 Å². The highest BCUT2D eigenvalue weighted by Crippen LogP contribution is 2.23. The molecule has 0 spiro atoms. The number of benzene rings is 1. The second kappa shape index (κ2) is 5.78. The third kappa shape index (κ3) is 3.69. The molecule has 0 atom stereocenters. The molecule has 110 valence electrons. The van der Waals surface area contributed by atoms with Gasteiger partial charge in [0.05, 0.1) is 16.4 Å². The van der Waals surface area contributed by atoms with E-state index in [1.54, 1.807) is 6.07 Å². The minimum Gasteiger partial charge on any atom is -0.385 e. The van der Waals surface area contributed by atoms with E-state index in [4.69, 9.17) is 0 Å². The molecule has 6 nitrogen and oxygen atoms in total. The van der Waals surface area contributed by atoms with Gasteiger partial charge in [0.25, 0.3) is 5.69 Å². The normalized spacial score (nSPS) is 18.6. The third-order valence-electron chi connectivity index (χ3n) is 3.68. The first-order valence-corrected chi connectivity index (χ1v) is 8.39. The predicted octanol–water partition coefficient (Wildman–Crippen LogP) is 2.14. The summed E-state index contributed by atoms with van der Waals surface area (Å²) in [5.74, 6) is 0.866. The van der Waals surface area contributed by atoms with E-state index in [0.717, 1.165) is 11.3 Å². The Labute approximate surface area is 118 Å². The van der Waals surface area contributed by atoms with Crippen molar-refractivity contribution in [3.8, 4) is 0 Å². The SMILES string of the molecule is Cc1cc([N+](=O)[O-])ccc1NCC1CCS(=O)(=O)CC1. The molecule has 20 heavy (non-hydrogen) atoms. The van der Waals surface area contributed by atoms with Gasteiger partial charge >= 0.3 is 0 Å². The first-order chi connectivity index (χ1) is 9.37. The summed E-state index contributed by atoms with van der Waals surface area (Å²) < 4.78 is 22.7. The molecule has 1 aliphatic rings. The van der Waals surface area contributed by atoms with Gasteiger partial charge in [0.1, 0.15) is 9.84 Å². The van der Waals surface area contributed by atoms with Crippen molar-refractivity contribution >= 4 is 21.2 Å². The zero-order chi connectivity index (χ0) is 14.8. The van der Waals surface area contributed by atoms with Gasteiger partial charge in [-0.2, -0.15) is 0 Å². The van der Waals surface area contributed by atoms with E-state index in [1.807, 2.05) is 6.92 Å². The second-order valence-electron chi connectivity index (χ2n) is 5.23. The quantitative estimate of drug-likeness (QED) is 0.679. The Balaban J connectivity index is 1.93. The lowest BCUT2D eigenvalue weighted by Crippen LogP contribution is -2.27. The standard InChI is InChI=1S/C13H18N2O4S/c1-10-8-12(15(16)17)2-3-13(10)14-9-11-4-6-20(18,19)7-5-11/h2-3,8,11,14H,4-7,9H2,1H3. The summed E-state index contributed by atoms with van der Waals surface area (Å²) in [5, 5.41) is 13.9. The second-order valence-corrected chi connectivity index (χ2v) is 7.54. The molecule has 0 radical (unpaired) electrons. The Kier molecular flexibility index (Phi) is 4.27. The summed E-state index contributed by atoms with van der Waals surface area (Å²) in [5.41, 5.74) is 1.77. The van der Waals surface area contributed by atoms with Gasteiger partial charge in [-0.05, 0) is 37.3 Å². The molecule has 1 aliphatic heterocycles. The maximum absolute atomic E-state index is 11.3. The summed E-state index contributed by atoms with van der Waals surface area (Å²) in [6, 6.07) is 4.71. The van der Waals surface area contributed by atoms with Crippen LogP contribution < -0.4 is 5.32 Å². The molecule has 2 rings (SSSR count).